The van der Waals surface area contributed by atoms with Crippen molar-refractivity contribution in [3.8, 4) is 0 Å². The SMILES string of the molecule is CN(Cc1ccns1)[C@H]1CCCN(CC(C)(C)C)C1=O. The Morgan fingerprint density at radius 2 is 2.25 bits per heavy atom. The number of likely N-dealkylation sites (N-methyl/N-ethyl adjacent to an activating group) is 1. The molecule has 1 amide bonds. The maximum Gasteiger partial charge on any atom is 0.239 e. The molecule has 0 aliphatic carbocycles. The Morgan fingerprint density at radius 1 is 1.50 bits per heavy atom. The number of hydrogen-bond acceptors (Lipinski definition) is 4. The minimum Gasteiger partial charge on any atom is -0.341 e. The van der Waals surface area contributed by atoms with E-state index in [-0.39, 0.29) is 17.4 Å². The third kappa shape index (κ3) is 4.03. The first kappa shape index (κ1) is 15.4. The zero-order chi connectivity index (χ0) is 14.8. The minimum atomic E-state index is 0.0215. The Labute approximate surface area is 125 Å². The van der Waals surface area contributed by atoms with Gasteiger partial charge in [0.15, 0.2) is 0 Å². The lowest BCUT2D eigenvalue weighted by molar-refractivity contribution is -0.141. The molecule has 0 aromatic carbocycles. The van der Waals surface area contributed by atoms with E-state index in [4.69, 9.17) is 0 Å². The van der Waals surface area contributed by atoms with E-state index in [1.165, 1.54) is 16.4 Å². The molecular formula is C15H25N3OS. The lowest BCUT2D eigenvalue weighted by atomic mass is 9.93. The van der Waals surface area contributed by atoms with Crippen molar-refractivity contribution in [3.05, 3.63) is 17.1 Å². The van der Waals surface area contributed by atoms with Gasteiger partial charge in [-0.25, -0.2) is 4.37 Å². The van der Waals surface area contributed by atoms with Gasteiger partial charge in [-0.3, -0.25) is 9.69 Å². The number of amides is 1. The highest BCUT2D eigenvalue weighted by Gasteiger charge is 2.33. The van der Waals surface area contributed by atoms with Gasteiger partial charge >= 0.3 is 0 Å². The molecule has 0 spiro atoms. The highest BCUT2D eigenvalue weighted by Crippen LogP contribution is 2.23. The molecule has 2 rings (SSSR count). The summed E-state index contributed by atoms with van der Waals surface area (Å²) in [5.74, 6) is 0.290. The van der Waals surface area contributed by atoms with Crippen molar-refractivity contribution >= 4 is 17.4 Å². The van der Waals surface area contributed by atoms with E-state index < -0.39 is 0 Å². The van der Waals surface area contributed by atoms with E-state index in [1.807, 2.05) is 24.2 Å². The second-order valence-electron chi connectivity index (χ2n) is 6.87. The zero-order valence-corrected chi connectivity index (χ0v) is 13.7. The maximum absolute atomic E-state index is 12.6. The number of hydrogen-bond donors (Lipinski definition) is 0. The molecule has 0 unspecified atom stereocenters. The number of nitrogens with zero attached hydrogens (tertiary/aromatic N) is 3. The van der Waals surface area contributed by atoms with Gasteiger partial charge in [0, 0.05) is 30.7 Å². The molecule has 1 aliphatic rings. The van der Waals surface area contributed by atoms with Crippen molar-refractivity contribution in [2.24, 2.45) is 5.41 Å². The third-order valence-electron chi connectivity index (χ3n) is 3.60. The summed E-state index contributed by atoms with van der Waals surface area (Å²) in [7, 11) is 2.04. The number of piperidine rings is 1. The van der Waals surface area contributed by atoms with Crippen LogP contribution in [0.25, 0.3) is 0 Å². The van der Waals surface area contributed by atoms with Crippen molar-refractivity contribution in [1.82, 2.24) is 14.2 Å². The molecule has 1 saturated heterocycles. The monoisotopic (exact) mass is 295 g/mol. The van der Waals surface area contributed by atoms with Crippen LogP contribution in [0.1, 0.15) is 38.5 Å². The highest BCUT2D eigenvalue weighted by atomic mass is 32.1. The van der Waals surface area contributed by atoms with Crippen molar-refractivity contribution in [1.29, 1.82) is 0 Å². The van der Waals surface area contributed by atoms with Crippen LogP contribution in [0.3, 0.4) is 0 Å². The van der Waals surface area contributed by atoms with Gasteiger partial charge in [-0.2, -0.15) is 0 Å². The average Bonchev–Trinajstić information content (AvgIpc) is 2.83. The van der Waals surface area contributed by atoms with E-state index in [0.717, 1.165) is 32.5 Å². The molecule has 5 heteroatoms. The molecule has 1 aromatic rings. The molecule has 1 atom stereocenters. The quantitative estimate of drug-likeness (QED) is 0.857. The van der Waals surface area contributed by atoms with Crippen molar-refractivity contribution < 1.29 is 4.79 Å². The van der Waals surface area contributed by atoms with E-state index in [9.17, 15) is 4.79 Å². The molecule has 1 aliphatic heterocycles. The lowest BCUT2D eigenvalue weighted by Gasteiger charge is -2.39. The summed E-state index contributed by atoms with van der Waals surface area (Å²) in [6.07, 6.45) is 3.89. The van der Waals surface area contributed by atoms with E-state index in [0.29, 0.717) is 0 Å². The van der Waals surface area contributed by atoms with E-state index in [1.54, 1.807) is 0 Å². The number of carbonyl (C=O) groups excluding carboxylic acids is 1. The Hall–Kier alpha value is -0.940. The van der Waals surface area contributed by atoms with Crippen LogP contribution in [0.5, 0.6) is 0 Å². The number of likely N-dealkylation sites (tertiary alicyclic amines) is 1. The van der Waals surface area contributed by atoms with Crippen molar-refractivity contribution in [2.45, 2.75) is 46.2 Å². The Bertz CT molecular complexity index is 438. The predicted octanol–water partition coefficient (Wildman–Crippen LogP) is 2.61. The van der Waals surface area contributed by atoms with E-state index >= 15 is 0 Å². The molecule has 4 nitrogen and oxygen atoms in total. The minimum absolute atomic E-state index is 0.0215. The fraction of sp³-hybridized carbons (Fsp3) is 0.733. The predicted molar refractivity (Wildman–Crippen MR) is 82.6 cm³/mol. The fourth-order valence-corrected chi connectivity index (χ4v) is 3.38. The Morgan fingerprint density at radius 3 is 2.85 bits per heavy atom. The van der Waals surface area contributed by atoms with Crippen LogP contribution in [0.15, 0.2) is 12.3 Å². The van der Waals surface area contributed by atoms with Crippen LogP contribution in [-0.2, 0) is 11.3 Å². The van der Waals surface area contributed by atoms with Crippen molar-refractivity contribution in [3.63, 3.8) is 0 Å². The summed E-state index contributed by atoms with van der Waals surface area (Å²) in [5, 5.41) is 0. The van der Waals surface area contributed by atoms with Crippen LogP contribution < -0.4 is 0 Å². The molecule has 1 aromatic heterocycles. The summed E-state index contributed by atoms with van der Waals surface area (Å²) in [4.78, 5) is 18.1. The van der Waals surface area contributed by atoms with Crippen LogP contribution in [0.2, 0.25) is 0 Å². The van der Waals surface area contributed by atoms with Crippen LogP contribution in [-0.4, -0.2) is 46.3 Å². The first-order valence-corrected chi connectivity index (χ1v) is 8.03. The number of rotatable bonds is 4. The van der Waals surface area contributed by atoms with Gasteiger partial charge in [0.05, 0.1) is 6.04 Å². The first-order chi connectivity index (χ1) is 9.37. The second-order valence-corrected chi connectivity index (χ2v) is 7.79. The number of aromatic nitrogens is 1. The molecule has 0 radical (unpaired) electrons. The van der Waals surface area contributed by atoms with E-state index in [2.05, 4.69) is 30.0 Å². The summed E-state index contributed by atoms with van der Waals surface area (Å²) >= 11 is 1.51. The van der Waals surface area contributed by atoms with Gasteiger partial charge in [0.2, 0.25) is 5.91 Å². The van der Waals surface area contributed by atoms with Gasteiger partial charge in [-0.1, -0.05) is 20.8 Å². The molecule has 1 fully saturated rings. The van der Waals surface area contributed by atoms with Gasteiger partial charge in [-0.15, -0.1) is 0 Å². The number of carbonyl (C=O) groups is 1. The summed E-state index contributed by atoms with van der Waals surface area (Å²) in [5.41, 5.74) is 0.161. The van der Waals surface area contributed by atoms with Gasteiger partial charge < -0.3 is 4.90 Å². The second kappa shape index (κ2) is 6.22. The topological polar surface area (TPSA) is 36.4 Å². The molecule has 0 saturated carbocycles. The van der Waals surface area contributed by atoms with Crippen molar-refractivity contribution in [2.75, 3.05) is 20.1 Å². The van der Waals surface area contributed by atoms with Gasteiger partial charge in [0.1, 0.15) is 0 Å². The Kier molecular flexibility index (Phi) is 4.81. The zero-order valence-electron chi connectivity index (χ0n) is 12.9. The smallest absolute Gasteiger partial charge is 0.239 e. The molecule has 112 valence electrons. The molecule has 0 N–H and O–H groups in total. The maximum atomic E-state index is 12.6. The van der Waals surface area contributed by atoms with Gasteiger partial charge in [-0.05, 0) is 42.9 Å². The molecule has 2 heterocycles. The lowest BCUT2D eigenvalue weighted by Crippen LogP contribution is -2.52. The third-order valence-corrected chi connectivity index (χ3v) is 4.32. The average molecular weight is 295 g/mol. The Balaban J connectivity index is 1.98. The standard InChI is InChI=1S/C15H25N3OS/c1-15(2,3)11-18-9-5-6-13(14(18)19)17(4)10-12-7-8-16-20-12/h7-8,13H,5-6,9-11H2,1-4H3/t13-/m0/s1. The summed E-state index contributed by atoms with van der Waals surface area (Å²) in [6, 6.07) is 2.05. The van der Waals surface area contributed by atoms with Crippen LogP contribution in [0, 0.1) is 5.41 Å². The fourth-order valence-electron chi connectivity index (χ4n) is 2.74. The largest absolute Gasteiger partial charge is 0.341 e. The molecular weight excluding hydrogens is 270 g/mol. The van der Waals surface area contributed by atoms with Crippen LogP contribution >= 0.6 is 11.5 Å². The normalized spacial score (nSPS) is 20.8. The first-order valence-electron chi connectivity index (χ1n) is 7.25. The summed E-state index contributed by atoms with van der Waals surface area (Å²) < 4.78 is 4.12. The van der Waals surface area contributed by atoms with Crippen LogP contribution in [0.4, 0.5) is 0 Å². The molecule has 0 bridgehead atoms. The highest BCUT2D eigenvalue weighted by molar-refractivity contribution is 7.05. The van der Waals surface area contributed by atoms with Gasteiger partial charge in [0.25, 0.3) is 0 Å². The molecule has 20 heavy (non-hydrogen) atoms. The summed E-state index contributed by atoms with van der Waals surface area (Å²) in [6.45, 7) is 9.11.